The number of ether oxygens (including phenoxy) is 1. The molecule has 0 amide bonds. The third kappa shape index (κ3) is 7.64. The van der Waals surface area contributed by atoms with Crippen LogP contribution in [0.5, 0.6) is 0 Å². The predicted octanol–water partition coefficient (Wildman–Crippen LogP) is 6.68. The monoisotopic (exact) mass is 516 g/mol. The Hall–Kier alpha value is -2.76. The summed E-state index contributed by atoms with van der Waals surface area (Å²) >= 11 is 0. The van der Waals surface area contributed by atoms with Crippen LogP contribution in [0.15, 0.2) is 67.0 Å². The number of piperidine rings is 1. The molecule has 2 unspecified atom stereocenters. The van der Waals surface area contributed by atoms with E-state index < -0.39 is 0 Å². The van der Waals surface area contributed by atoms with Crippen molar-refractivity contribution in [3.63, 3.8) is 0 Å². The molecule has 5 heteroatoms. The highest BCUT2D eigenvalue weighted by Crippen LogP contribution is 2.40. The molecule has 2 aromatic rings. The molecule has 2 bridgehead atoms. The summed E-state index contributed by atoms with van der Waals surface area (Å²) in [5.41, 5.74) is 2.77. The van der Waals surface area contributed by atoms with Gasteiger partial charge in [0.2, 0.25) is 0 Å². The number of fused-ring (bicyclic) bond motifs is 2. The second kappa shape index (κ2) is 13.9. The fourth-order valence-corrected chi connectivity index (χ4v) is 6.15. The number of aryl methyl sites for hydroxylation is 2. The highest BCUT2D eigenvalue weighted by atomic mass is 16.4. The number of benzene rings is 1. The smallest absolute Gasteiger partial charge is 0.167 e. The first kappa shape index (κ1) is 28.3. The summed E-state index contributed by atoms with van der Waals surface area (Å²) in [7, 11) is 3.25. The van der Waals surface area contributed by atoms with Crippen molar-refractivity contribution in [1.29, 1.82) is 0 Å². The van der Waals surface area contributed by atoms with E-state index in [9.17, 15) is 9.59 Å². The molecule has 1 aromatic heterocycles. The molecule has 1 aliphatic carbocycles. The van der Waals surface area contributed by atoms with Gasteiger partial charge in [-0.1, -0.05) is 48.5 Å². The Morgan fingerprint density at radius 3 is 2.16 bits per heavy atom. The number of hydrogen-bond donors (Lipinski definition) is 0. The topological polar surface area (TPSA) is 51.5 Å². The normalized spacial score (nSPS) is 22.2. The number of hydrogen-bond acceptors (Lipinski definition) is 4. The van der Waals surface area contributed by atoms with E-state index in [-0.39, 0.29) is 5.92 Å². The van der Waals surface area contributed by atoms with Gasteiger partial charge in [-0.25, -0.2) is 0 Å². The summed E-state index contributed by atoms with van der Waals surface area (Å²) in [5, 5.41) is 0. The number of carbonyl (C=O) groups is 2. The van der Waals surface area contributed by atoms with E-state index in [0.29, 0.717) is 36.0 Å². The Balaban J connectivity index is 0.00000107. The van der Waals surface area contributed by atoms with Crippen LogP contribution in [0.2, 0.25) is 0 Å². The van der Waals surface area contributed by atoms with Crippen molar-refractivity contribution in [2.24, 2.45) is 11.8 Å². The summed E-state index contributed by atoms with van der Waals surface area (Å²) in [6.07, 6.45) is 12.8. The van der Waals surface area contributed by atoms with E-state index in [1.54, 1.807) is 14.2 Å². The summed E-state index contributed by atoms with van der Waals surface area (Å²) in [6, 6.07) is 19.2. The molecule has 2 atom stereocenters. The van der Waals surface area contributed by atoms with Crippen molar-refractivity contribution in [1.82, 2.24) is 9.47 Å². The molecule has 2 aliphatic heterocycles. The summed E-state index contributed by atoms with van der Waals surface area (Å²) in [5.74, 6) is 1.34. The van der Waals surface area contributed by atoms with Crippen LogP contribution in [-0.2, 0) is 11.3 Å². The average molecular weight is 517 g/mol. The van der Waals surface area contributed by atoms with Gasteiger partial charge in [0.05, 0.1) is 0 Å². The molecule has 1 saturated carbocycles. The number of ketones is 2. The molecule has 3 fully saturated rings. The number of Topliss-reactive ketones (excluding diaryl/α,β-unsaturated/α-hetero) is 2. The zero-order chi connectivity index (χ0) is 26.9. The van der Waals surface area contributed by atoms with Crippen molar-refractivity contribution in [3.8, 4) is 0 Å². The van der Waals surface area contributed by atoms with E-state index in [0.717, 1.165) is 61.9 Å². The Kier molecular flexibility index (Phi) is 10.3. The van der Waals surface area contributed by atoms with Gasteiger partial charge in [0, 0.05) is 75.3 Å². The van der Waals surface area contributed by atoms with E-state index in [1.807, 2.05) is 55.5 Å². The lowest BCUT2D eigenvalue weighted by Crippen LogP contribution is -2.43. The largest absolute Gasteiger partial charge is 0.388 e. The van der Waals surface area contributed by atoms with Crippen LogP contribution in [0.3, 0.4) is 0 Å². The van der Waals surface area contributed by atoms with E-state index in [1.165, 1.54) is 12.8 Å². The number of aromatic nitrogens is 1. The first-order valence-corrected chi connectivity index (χ1v) is 14.3. The lowest BCUT2D eigenvalue weighted by atomic mass is 9.85. The summed E-state index contributed by atoms with van der Waals surface area (Å²) in [4.78, 5) is 28.3. The molecular formula is C33H44N2O3. The first-order valence-electron chi connectivity index (χ1n) is 14.3. The molecular weight excluding hydrogens is 472 g/mol. The van der Waals surface area contributed by atoms with Gasteiger partial charge in [0.15, 0.2) is 11.6 Å². The molecule has 0 radical (unpaired) electrons. The van der Waals surface area contributed by atoms with E-state index in [2.05, 4.69) is 32.7 Å². The lowest BCUT2D eigenvalue weighted by molar-refractivity contribution is 0.0807. The Labute approximate surface area is 228 Å². The second-order valence-corrected chi connectivity index (χ2v) is 11.2. The maximum absolute atomic E-state index is 12.9. The zero-order valence-electron chi connectivity index (χ0n) is 23.4. The highest BCUT2D eigenvalue weighted by Gasteiger charge is 2.40. The van der Waals surface area contributed by atoms with Crippen LogP contribution < -0.4 is 0 Å². The molecule has 204 valence electrons. The zero-order valence-corrected chi connectivity index (χ0v) is 23.4. The van der Waals surface area contributed by atoms with Crippen LogP contribution in [0.4, 0.5) is 0 Å². The minimum Gasteiger partial charge on any atom is -0.388 e. The molecule has 5 nitrogen and oxygen atoms in total. The van der Waals surface area contributed by atoms with Crippen LogP contribution in [0.1, 0.15) is 77.6 Å². The SMILES string of the molecule is COC.Cc1cccccn(CCCN2C3CCC2CC(CC(=O)c2ccccc2)C3)cc1C(=O)C1CC1. The predicted molar refractivity (Wildman–Crippen MR) is 153 cm³/mol. The Morgan fingerprint density at radius 2 is 1.50 bits per heavy atom. The van der Waals surface area contributed by atoms with Gasteiger partial charge in [-0.05, 0) is 69.4 Å². The third-order valence-electron chi connectivity index (χ3n) is 8.16. The van der Waals surface area contributed by atoms with Gasteiger partial charge in [0.25, 0.3) is 0 Å². The fraction of sp³-hybridized carbons (Fsp3) is 0.515. The molecule has 38 heavy (non-hydrogen) atoms. The Bertz CT molecular complexity index is 1110. The van der Waals surface area contributed by atoms with Crippen molar-refractivity contribution in [2.75, 3.05) is 20.8 Å². The van der Waals surface area contributed by atoms with E-state index >= 15 is 0 Å². The number of carbonyl (C=O) groups excluding carboxylic acids is 2. The van der Waals surface area contributed by atoms with Gasteiger partial charge in [0.1, 0.15) is 0 Å². The second-order valence-electron chi connectivity index (χ2n) is 11.2. The fourth-order valence-electron chi connectivity index (χ4n) is 6.15. The van der Waals surface area contributed by atoms with Crippen molar-refractivity contribution < 1.29 is 14.3 Å². The summed E-state index contributed by atoms with van der Waals surface area (Å²) in [6.45, 7) is 4.04. The van der Waals surface area contributed by atoms with Crippen molar-refractivity contribution in [3.05, 3.63) is 83.7 Å². The van der Waals surface area contributed by atoms with Gasteiger partial charge in [-0.2, -0.15) is 0 Å². The molecule has 3 aliphatic rings. The third-order valence-corrected chi connectivity index (χ3v) is 8.16. The lowest BCUT2D eigenvalue weighted by Gasteiger charge is -2.39. The van der Waals surface area contributed by atoms with Gasteiger partial charge in [-0.15, -0.1) is 0 Å². The average Bonchev–Trinajstić information content (AvgIpc) is 3.72. The Morgan fingerprint density at radius 1 is 0.868 bits per heavy atom. The minimum atomic E-state index is 0.228. The van der Waals surface area contributed by atoms with Crippen molar-refractivity contribution in [2.45, 2.75) is 76.9 Å². The molecule has 1 aromatic carbocycles. The first-order chi connectivity index (χ1) is 18.5. The molecule has 0 N–H and O–H groups in total. The quantitative estimate of drug-likeness (QED) is 0.349. The summed E-state index contributed by atoms with van der Waals surface area (Å²) < 4.78 is 6.45. The van der Waals surface area contributed by atoms with Gasteiger partial charge in [-0.3, -0.25) is 14.5 Å². The van der Waals surface area contributed by atoms with Crippen LogP contribution in [-0.4, -0.2) is 53.9 Å². The maximum atomic E-state index is 12.9. The van der Waals surface area contributed by atoms with Crippen LogP contribution in [0, 0.1) is 18.8 Å². The standard InChI is InChI=1S/C31H38N2O2.C2H6O/c1-23-9-4-3-7-16-32(22-29(23)31(35)26-12-13-26)17-8-18-33-27-14-15-28(33)20-24(19-27)21-30(34)25-10-5-2-6-11-25;1-3-2/h2-7,9-11,16,22,24,26-28H,8,12-15,17-21H2,1H3;1-2H3. The maximum Gasteiger partial charge on any atom is 0.167 e. The molecule has 3 heterocycles. The molecule has 2 saturated heterocycles. The van der Waals surface area contributed by atoms with Crippen LogP contribution >= 0.6 is 0 Å². The number of nitrogens with zero attached hydrogens (tertiary/aromatic N) is 2. The minimum absolute atomic E-state index is 0.228. The molecule has 5 rings (SSSR count). The van der Waals surface area contributed by atoms with Gasteiger partial charge < -0.3 is 9.30 Å². The van der Waals surface area contributed by atoms with Crippen LogP contribution in [0.25, 0.3) is 0 Å². The highest BCUT2D eigenvalue weighted by molar-refractivity contribution is 6.00. The molecule has 0 spiro atoms. The van der Waals surface area contributed by atoms with Gasteiger partial charge >= 0.3 is 0 Å². The number of rotatable bonds is 9. The van der Waals surface area contributed by atoms with Crippen molar-refractivity contribution >= 4 is 11.6 Å². The van der Waals surface area contributed by atoms with E-state index in [4.69, 9.17) is 0 Å². The number of methoxy groups -OCH3 is 1.